The van der Waals surface area contributed by atoms with Crippen molar-refractivity contribution in [2.75, 3.05) is 0 Å². The summed E-state index contributed by atoms with van der Waals surface area (Å²) in [5.74, 6) is -2.14. The Morgan fingerprint density at radius 3 is 1.90 bits per heavy atom. The van der Waals surface area contributed by atoms with Crippen molar-refractivity contribution in [1.82, 2.24) is 0 Å². The van der Waals surface area contributed by atoms with E-state index in [-0.39, 0.29) is 0 Å². The summed E-state index contributed by atoms with van der Waals surface area (Å²) in [6, 6.07) is 0. The van der Waals surface area contributed by atoms with Crippen LogP contribution in [0.4, 0.5) is 13.2 Å². The van der Waals surface area contributed by atoms with Gasteiger partial charge in [-0.3, -0.25) is 4.79 Å². The molecule has 0 amide bonds. The fourth-order valence-electron chi connectivity index (χ4n) is 0.282. The predicted molar refractivity (Wildman–Crippen MR) is 23.9 cm³/mol. The van der Waals surface area contributed by atoms with Gasteiger partial charge in [0, 0.05) is 0 Å². The van der Waals surface area contributed by atoms with Crippen LogP contribution in [0.25, 0.3) is 0 Å². The first-order valence-corrected chi connectivity index (χ1v) is 2.30. The SMILES string of the molecule is O=C(CC(O)O)C(F)(F)F. The van der Waals surface area contributed by atoms with Crippen molar-refractivity contribution in [3.8, 4) is 0 Å². The monoisotopic (exact) mass is 158 g/mol. The van der Waals surface area contributed by atoms with Gasteiger partial charge >= 0.3 is 6.18 Å². The van der Waals surface area contributed by atoms with Gasteiger partial charge in [-0.25, -0.2) is 0 Å². The summed E-state index contributed by atoms with van der Waals surface area (Å²) >= 11 is 0. The molecule has 0 aromatic heterocycles. The normalized spacial score (nSPS) is 12.2. The van der Waals surface area contributed by atoms with E-state index in [4.69, 9.17) is 10.2 Å². The molecule has 0 atom stereocenters. The third-order valence-electron chi connectivity index (χ3n) is 0.684. The molecule has 0 rings (SSSR count). The van der Waals surface area contributed by atoms with E-state index in [0.29, 0.717) is 0 Å². The van der Waals surface area contributed by atoms with Crippen LogP contribution in [0.2, 0.25) is 0 Å². The molecule has 10 heavy (non-hydrogen) atoms. The van der Waals surface area contributed by atoms with Crippen LogP contribution in [-0.2, 0) is 4.79 Å². The second-order valence-corrected chi connectivity index (χ2v) is 1.61. The number of alkyl halides is 3. The van der Waals surface area contributed by atoms with Gasteiger partial charge in [-0.2, -0.15) is 13.2 Å². The van der Waals surface area contributed by atoms with E-state index in [9.17, 15) is 18.0 Å². The second-order valence-electron chi connectivity index (χ2n) is 1.61. The van der Waals surface area contributed by atoms with Crippen LogP contribution >= 0.6 is 0 Å². The molecule has 0 saturated carbocycles. The molecule has 0 aliphatic heterocycles. The second kappa shape index (κ2) is 2.98. The lowest BCUT2D eigenvalue weighted by Crippen LogP contribution is -2.26. The van der Waals surface area contributed by atoms with Gasteiger partial charge in [-0.15, -0.1) is 0 Å². The number of hydrogen-bond donors (Lipinski definition) is 2. The van der Waals surface area contributed by atoms with Crippen LogP contribution < -0.4 is 0 Å². The summed E-state index contributed by atoms with van der Waals surface area (Å²) in [4.78, 5) is 9.83. The minimum Gasteiger partial charge on any atom is -0.368 e. The molecule has 0 aliphatic rings. The van der Waals surface area contributed by atoms with Crippen molar-refractivity contribution in [1.29, 1.82) is 0 Å². The Hall–Kier alpha value is -0.620. The van der Waals surface area contributed by atoms with Crippen molar-refractivity contribution < 1.29 is 28.2 Å². The Morgan fingerprint density at radius 2 is 1.80 bits per heavy atom. The van der Waals surface area contributed by atoms with Crippen molar-refractivity contribution >= 4 is 5.78 Å². The Balaban J connectivity index is 3.87. The molecule has 0 aromatic rings. The third-order valence-corrected chi connectivity index (χ3v) is 0.684. The van der Waals surface area contributed by atoms with Crippen molar-refractivity contribution in [3.63, 3.8) is 0 Å². The Kier molecular flexibility index (Phi) is 2.79. The smallest absolute Gasteiger partial charge is 0.368 e. The van der Waals surface area contributed by atoms with Crippen LogP contribution in [-0.4, -0.2) is 28.5 Å². The molecule has 2 N–H and O–H groups in total. The lowest BCUT2D eigenvalue weighted by molar-refractivity contribution is -0.177. The highest BCUT2D eigenvalue weighted by Gasteiger charge is 2.38. The Labute approximate surface area is 54.1 Å². The van der Waals surface area contributed by atoms with Gasteiger partial charge in [0.2, 0.25) is 5.78 Å². The largest absolute Gasteiger partial charge is 0.450 e. The maximum absolute atomic E-state index is 11.2. The maximum Gasteiger partial charge on any atom is 0.450 e. The number of aliphatic hydroxyl groups excluding tert-OH is 1. The maximum atomic E-state index is 11.2. The predicted octanol–water partition coefficient (Wildman–Crippen LogP) is -0.181. The van der Waals surface area contributed by atoms with Gasteiger partial charge in [0.1, 0.15) is 0 Å². The average Bonchev–Trinajstić information content (AvgIpc) is 1.60. The number of Topliss-reactive ketones (excluding diaryl/α,β-unsaturated/α-hetero) is 1. The molecule has 0 aliphatic carbocycles. The van der Waals surface area contributed by atoms with Crippen LogP contribution in [0, 0.1) is 0 Å². The molecular weight excluding hydrogens is 153 g/mol. The number of aliphatic hydroxyl groups is 2. The van der Waals surface area contributed by atoms with Crippen LogP contribution in [0.15, 0.2) is 0 Å². The van der Waals surface area contributed by atoms with Gasteiger partial charge in [-0.1, -0.05) is 0 Å². The number of carbonyl (C=O) groups is 1. The molecule has 0 bridgehead atoms. The lowest BCUT2D eigenvalue weighted by atomic mass is 10.3. The molecule has 3 nitrogen and oxygen atoms in total. The molecular formula is C4H5F3O3. The Bertz CT molecular complexity index is 128. The summed E-state index contributed by atoms with van der Waals surface area (Å²) in [5.41, 5.74) is 0. The third kappa shape index (κ3) is 3.41. The van der Waals surface area contributed by atoms with E-state index in [0.717, 1.165) is 0 Å². The highest BCUT2D eigenvalue weighted by atomic mass is 19.4. The molecule has 0 spiro atoms. The standard InChI is InChI=1S/C4H5F3O3/c5-4(6,7)2(8)1-3(9)10/h3,9-10H,1H2. The summed E-state index contributed by atoms with van der Waals surface area (Å²) in [6.45, 7) is 0. The van der Waals surface area contributed by atoms with Gasteiger partial charge in [0.05, 0.1) is 6.42 Å². The number of halogens is 3. The van der Waals surface area contributed by atoms with Crippen LogP contribution in [0.3, 0.4) is 0 Å². The average molecular weight is 158 g/mol. The highest BCUT2D eigenvalue weighted by molar-refractivity contribution is 5.84. The fourth-order valence-corrected chi connectivity index (χ4v) is 0.282. The van der Waals surface area contributed by atoms with Crippen molar-refractivity contribution in [2.24, 2.45) is 0 Å². The van der Waals surface area contributed by atoms with Gasteiger partial charge in [-0.05, 0) is 0 Å². The first-order valence-electron chi connectivity index (χ1n) is 2.30. The molecule has 0 unspecified atom stereocenters. The number of hydrogen-bond acceptors (Lipinski definition) is 3. The summed E-state index contributed by atoms with van der Waals surface area (Å²) in [6.07, 6.45) is -8.50. The quantitative estimate of drug-likeness (QED) is 0.548. The topological polar surface area (TPSA) is 57.5 Å². The van der Waals surface area contributed by atoms with Crippen LogP contribution in [0.1, 0.15) is 6.42 Å². The van der Waals surface area contributed by atoms with Gasteiger partial charge < -0.3 is 10.2 Å². The minimum absolute atomic E-state index is 1.30. The van der Waals surface area contributed by atoms with Crippen molar-refractivity contribution in [2.45, 2.75) is 18.9 Å². The zero-order valence-corrected chi connectivity index (χ0v) is 4.72. The summed E-state index contributed by atoms with van der Waals surface area (Å²) < 4.78 is 33.7. The molecule has 0 aromatic carbocycles. The molecule has 60 valence electrons. The van der Waals surface area contributed by atoms with Crippen LogP contribution in [0.5, 0.6) is 0 Å². The van der Waals surface area contributed by atoms with E-state index in [1.54, 1.807) is 0 Å². The van der Waals surface area contributed by atoms with E-state index in [1.807, 2.05) is 0 Å². The molecule has 6 heteroatoms. The molecule has 0 fully saturated rings. The Morgan fingerprint density at radius 1 is 1.40 bits per heavy atom. The number of ketones is 1. The lowest BCUT2D eigenvalue weighted by Gasteiger charge is -2.04. The zero-order valence-electron chi connectivity index (χ0n) is 4.72. The van der Waals surface area contributed by atoms with Gasteiger partial charge in [0.25, 0.3) is 0 Å². The highest BCUT2D eigenvalue weighted by Crippen LogP contribution is 2.17. The molecule has 0 radical (unpaired) electrons. The minimum atomic E-state index is -4.97. The fraction of sp³-hybridized carbons (Fsp3) is 0.750. The van der Waals surface area contributed by atoms with E-state index >= 15 is 0 Å². The first kappa shape index (κ1) is 9.38. The van der Waals surface area contributed by atoms with Gasteiger partial charge in [0.15, 0.2) is 6.29 Å². The number of rotatable bonds is 2. The van der Waals surface area contributed by atoms with E-state index < -0.39 is 24.7 Å². The summed E-state index contributed by atoms with van der Waals surface area (Å²) in [5, 5.41) is 15.8. The van der Waals surface area contributed by atoms with E-state index in [1.165, 1.54) is 0 Å². The number of carbonyl (C=O) groups excluding carboxylic acids is 1. The molecule has 0 heterocycles. The first-order chi connectivity index (χ1) is 4.34. The zero-order chi connectivity index (χ0) is 8.36. The summed E-state index contributed by atoms with van der Waals surface area (Å²) in [7, 11) is 0. The van der Waals surface area contributed by atoms with E-state index in [2.05, 4.69) is 0 Å². The van der Waals surface area contributed by atoms with Crippen molar-refractivity contribution in [3.05, 3.63) is 0 Å². The molecule has 0 saturated heterocycles.